The Bertz CT molecular complexity index is 774. The zero-order valence-electron chi connectivity index (χ0n) is 13.4. The molecule has 0 atom stereocenters. The average molecular weight is 348 g/mol. The molecular formula is C18H18ClNO4. The molecule has 0 saturated carbocycles. The summed E-state index contributed by atoms with van der Waals surface area (Å²) in [6.07, 6.45) is 0. The first-order valence-corrected chi connectivity index (χ1v) is 7.83. The number of benzene rings is 2. The number of amides is 1. The van der Waals surface area contributed by atoms with Crippen molar-refractivity contribution in [2.75, 3.05) is 13.2 Å². The van der Waals surface area contributed by atoms with Crippen LogP contribution in [-0.4, -0.2) is 30.1 Å². The summed E-state index contributed by atoms with van der Waals surface area (Å²) in [7, 11) is 0. The molecule has 0 spiro atoms. The minimum absolute atomic E-state index is 0.0842. The van der Waals surface area contributed by atoms with Gasteiger partial charge in [0.2, 0.25) is 0 Å². The second-order valence-electron chi connectivity index (χ2n) is 5.19. The number of ether oxygens (including phenoxy) is 1. The summed E-state index contributed by atoms with van der Waals surface area (Å²) in [5, 5.41) is 13.1. The molecule has 0 aliphatic carbocycles. The van der Waals surface area contributed by atoms with Crippen molar-refractivity contribution in [2.24, 2.45) is 0 Å². The molecule has 0 fully saturated rings. The highest BCUT2D eigenvalue weighted by Gasteiger charge is 2.12. The van der Waals surface area contributed by atoms with Gasteiger partial charge in [0.15, 0.2) is 0 Å². The van der Waals surface area contributed by atoms with Crippen LogP contribution in [-0.2, 0) is 9.53 Å². The molecule has 0 aliphatic rings. The van der Waals surface area contributed by atoms with Crippen molar-refractivity contribution < 1.29 is 19.4 Å². The Labute approximate surface area is 145 Å². The van der Waals surface area contributed by atoms with Crippen molar-refractivity contribution in [3.63, 3.8) is 0 Å². The fourth-order valence-electron chi connectivity index (χ4n) is 2.19. The second kappa shape index (κ2) is 7.84. The Morgan fingerprint density at radius 3 is 2.71 bits per heavy atom. The Hall–Kier alpha value is -2.53. The number of hydrogen-bond acceptors (Lipinski definition) is 4. The maximum absolute atomic E-state index is 12.1. The summed E-state index contributed by atoms with van der Waals surface area (Å²) in [5.74, 6) is -0.812. The number of carbonyl (C=O) groups is 2. The molecule has 0 aliphatic heterocycles. The molecule has 2 aromatic rings. The van der Waals surface area contributed by atoms with E-state index in [2.05, 4.69) is 5.32 Å². The van der Waals surface area contributed by atoms with Gasteiger partial charge in [-0.05, 0) is 49.2 Å². The van der Waals surface area contributed by atoms with Crippen molar-refractivity contribution in [1.29, 1.82) is 0 Å². The van der Waals surface area contributed by atoms with Crippen LogP contribution in [0.5, 0.6) is 5.75 Å². The molecule has 126 valence electrons. The van der Waals surface area contributed by atoms with Gasteiger partial charge in [0.1, 0.15) is 12.3 Å². The SMILES string of the molecule is CCOC(=O)CNC(=O)c1cccc(-c2cc(Cl)c(C)cc2O)c1. The van der Waals surface area contributed by atoms with Gasteiger partial charge >= 0.3 is 5.97 Å². The molecule has 2 rings (SSSR count). The molecule has 2 N–H and O–H groups in total. The smallest absolute Gasteiger partial charge is 0.325 e. The number of phenols is 1. The Morgan fingerprint density at radius 2 is 2.00 bits per heavy atom. The number of hydrogen-bond donors (Lipinski definition) is 2. The Kier molecular flexibility index (Phi) is 5.82. The van der Waals surface area contributed by atoms with Crippen LogP contribution in [0.25, 0.3) is 11.1 Å². The molecule has 0 radical (unpaired) electrons. The number of nitrogens with one attached hydrogen (secondary N) is 1. The van der Waals surface area contributed by atoms with Gasteiger partial charge in [0.05, 0.1) is 6.61 Å². The Balaban J connectivity index is 2.21. The fraction of sp³-hybridized carbons (Fsp3) is 0.222. The van der Waals surface area contributed by atoms with Crippen LogP contribution >= 0.6 is 11.6 Å². The summed E-state index contributed by atoms with van der Waals surface area (Å²) >= 11 is 6.11. The largest absolute Gasteiger partial charge is 0.507 e. The predicted molar refractivity (Wildman–Crippen MR) is 92.3 cm³/mol. The van der Waals surface area contributed by atoms with Crippen LogP contribution in [0.4, 0.5) is 0 Å². The van der Waals surface area contributed by atoms with Gasteiger partial charge in [-0.3, -0.25) is 9.59 Å². The maximum atomic E-state index is 12.1. The van der Waals surface area contributed by atoms with Crippen LogP contribution < -0.4 is 5.32 Å². The number of aryl methyl sites for hydroxylation is 1. The monoisotopic (exact) mass is 347 g/mol. The highest BCUT2D eigenvalue weighted by atomic mass is 35.5. The normalized spacial score (nSPS) is 10.3. The van der Waals surface area contributed by atoms with E-state index in [1.165, 1.54) is 0 Å². The zero-order chi connectivity index (χ0) is 17.7. The lowest BCUT2D eigenvalue weighted by Gasteiger charge is -2.10. The summed E-state index contributed by atoms with van der Waals surface area (Å²) in [5.41, 5.74) is 2.32. The predicted octanol–water partition coefficient (Wildman–Crippen LogP) is 3.31. The lowest BCUT2D eigenvalue weighted by Crippen LogP contribution is -2.30. The molecule has 0 saturated heterocycles. The molecule has 0 aromatic heterocycles. The summed E-state index contributed by atoms with van der Waals surface area (Å²) in [6, 6.07) is 9.94. The number of phenolic OH excluding ortho intramolecular Hbond substituents is 1. The molecule has 1 amide bonds. The molecule has 0 unspecified atom stereocenters. The lowest BCUT2D eigenvalue weighted by molar-refractivity contribution is -0.141. The van der Waals surface area contributed by atoms with E-state index in [0.717, 1.165) is 5.56 Å². The van der Waals surface area contributed by atoms with Gasteiger partial charge < -0.3 is 15.2 Å². The van der Waals surface area contributed by atoms with Crippen molar-refractivity contribution in [1.82, 2.24) is 5.32 Å². The summed E-state index contributed by atoms with van der Waals surface area (Å²) in [4.78, 5) is 23.4. The highest BCUT2D eigenvalue weighted by Crippen LogP contribution is 2.34. The number of aromatic hydroxyl groups is 1. The van der Waals surface area contributed by atoms with E-state index in [4.69, 9.17) is 16.3 Å². The van der Waals surface area contributed by atoms with E-state index in [-0.39, 0.29) is 18.9 Å². The lowest BCUT2D eigenvalue weighted by atomic mass is 10.0. The van der Waals surface area contributed by atoms with Crippen LogP contribution in [0.3, 0.4) is 0 Å². The van der Waals surface area contributed by atoms with Crippen LogP contribution in [0.15, 0.2) is 36.4 Å². The summed E-state index contributed by atoms with van der Waals surface area (Å²) in [6.45, 7) is 3.56. The van der Waals surface area contributed by atoms with E-state index < -0.39 is 11.9 Å². The molecule has 24 heavy (non-hydrogen) atoms. The number of rotatable bonds is 5. The Morgan fingerprint density at radius 1 is 1.25 bits per heavy atom. The van der Waals surface area contributed by atoms with Gasteiger partial charge in [0, 0.05) is 16.1 Å². The van der Waals surface area contributed by atoms with Crippen molar-refractivity contribution >= 4 is 23.5 Å². The van der Waals surface area contributed by atoms with Crippen LogP contribution in [0.1, 0.15) is 22.8 Å². The van der Waals surface area contributed by atoms with E-state index in [1.54, 1.807) is 50.2 Å². The molecule has 0 bridgehead atoms. The molecule has 5 nitrogen and oxygen atoms in total. The molecule has 2 aromatic carbocycles. The van der Waals surface area contributed by atoms with Crippen LogP contribution in [0.2, 0.25) is 5.02 Å². The number of carbonyl (C=O) groups excluding carboxylic acids is 2. The molecule has 0 heterocycles. The second-order valence-corrected chi connectivity index (χ2v) is 5.59. The minimum atomic E-state index is -0.495. The molecular weight excluding hydrogens is 330 g/mol. The summed E-state index contributed by atoms with van der Waals surface area (Å²) < 4.78 is 4.76. The van der Waals surface area contributed by atoms with Gasteiger partial charge in [-0.25, -0.2) is 0 Å². The van der Waals surface area contributed by atoms with Crippen molar-refractivity contribution in [3.8, 4) is 16.9 Å². The van der Waals surface area contributed by atoms with Crippen molar-refractivity contribution in [2.45, 2.75) is 13.8 Å². The van der Waals surface area contributed by atoms with Gasteiger partial charge in [0.25, 0.3) is 5.91 Å². The van der Waals surface area contributed by atoms with Crippen molar-refractivity contribution in [3.05, 3.63) is 52.5 Å². The average Bonchev–Trinajstić information content (AvgIpc) is 2.56. The highest BCUT2D eigenvalue weighted by molar-refractivity contribution is 6.31. The first kappa shape index (κ1) is 17.8. The standard InChI is InChI=1S/C18H18ClNO4/c1-3-24-17(22)10-20-18(23)13-6-4-5-12(8-13)14-9-15(19)11(2)7-16(14)21/h4-9,21H,3,10H2,1-2H3,(H,20,23). The third-order valence-corrected chi connectivity index (χ3v) is 3.82. The number of halogens is 1. The van der Waals surface area contributed by atoms with Gasteiger partial charge in [-0.2, -0.15) is 0 Å². The molecule has 6 heteroatoms. The fourth-order valence-corrected chi connectivity index (χ4v) is 2.36. The van der Waals surface area contributed by atoms with E-state index in [0.29, 0.717) is 21.7 Å². The van der Waals surface area contributed by atoms with E-state index in [1.807, 2.05) is 0 Å². The first-order valence-electron chi connectivity index (χ1n) is 7.45. The number of esters is 1. The maximum Gasteiger partial charge on any atom is 0.325 e. The van der Waals surface area contributed by atoms with E-state index in [9.17, 15) is 14.7 Å². The zero-order valence-corrected chi connectivity index (χ0v) is 14.2. The minimum Gasteiger partial charge on any atom is -0.507 e. The quantitative estimate of drug-likeness (QED) is 0.813. The van der Waals surface area contributed by atoms with Gasteiger partial charge in [-0.15, -0.1) is 0 Å². The topological polar surface area (TPSA) is 75.6 Å². The van der Waals surface area contributed by atoms with E-state index >= 15 is 0 Å². The first-order chi connectivity index (χ1) is 11.4. The third kappa shape index (κ3) is 4.26. The van der Waals surface area contributed by atoms with Crippen LogP contribution in [0, 0.1) is 6.92 Å². The van der Waals surface area contributed by atoms with Gasteiger partial charge in [-0.1, -0.05) is 23.7 Å². The third-order valence-electron chi connectivity index (χ3n) is 3.41.